The minimum Gasteiger partial charge on any atom is -0.370 e. The van der Waals surface area contributed by atoms with E-state index in [0.717, 1.165) is 38.5 Å². The van der Waals surface area contributed by atoms with Gasteiger partial charge in [0.25, 0.3) is 0 Å². The maximum atomic E-state index is 12.9. The summed E-state index contributed by atoms with van der Waals surface area (Å²) in [4.78, 5) is 17.7. The number of hydrogen-bond donors (Lipinski definition) is 1. The molecule has 8 heteroatoms. The van der Waals surface area contributed by atoms with Gasteiger partial charge in [-0.15, -0.1) is 10.2 Å². The van der Waals surface area contributed by atoms with Crippen molar-refractivity contribution in [2.24, 2.45) is 0 Å². The van der Waals surface area contributed by atoms with Crippen LogP contribution in [0.5, 0.6) is 0 Å². The SMILES string of the molecule is Cc1nnc2n1C(C)(C(=O)NCCN1CCN(c3ccccc3)CC1)COC2. The molecule has 0 radical (unpaired) electrons. The van der Waals surface area contributed by atoms with Gasteiger partial charge in [0, 0.05) is 45.0 Å². The van der Waals surface area contributed by atoms with Gasteiger partial charge in [-0.05, 0) is 26.0 Å². The number of nitrogens with zero attached hydrogens (tertiary/aromatic N) is 5. The van der Waals surface area contributed by atoms with Gasteiger partial charge in [-0.1, -0.05) is 18.2 Å². The van der Waals surface area contributed by atoms with Gasteiger partial charge in [0.2, 0.25) is 5.91 Å². The van der Waals surface area contributed by atoms with Gasteiger partial charge >= 0.3 is 0 Å². The summed E-state index contributed by atoms with van der Waals surface area (Å²) in [6.45, 7) is 9.98. The zero-order chi connectivity index (χ0) is 19.6. The van der Waals surface area contributed by atoms with Gasteiger partial charge in [-0.2, -0.15) is 0 Å². The highest BCUT2D eigenvalue weighted by Crippen LogP contribution is 2.25. The number of nitrogens with one attached hydrogen (secondary N) is 1. The zero-order valence-electron chi connectivity index (χ0n) is 16.6. The molecule has 3 heterocycles. The first-order valence-electron chi connectivity index (χ1n) is 9.88. The molecule has 0 aliphatic carbocycles. The van der Waals surface area contributed by atoms with Crippen LogP contribution in [0.15, 0.2) is 30.3 Å². The number of rotatable bonds is 5. The predicted octanol–water partition coefficient (Wildman–Crippen LogP) is 0.770. The highest BCUT2D eigenvalue weighted by Gasteiger charge is 2.41. The van der Waals surface area contributed by atoms with E-state index in [4.69, 9.17) is 4.74 Å². The van der Waals surface area contributed by atoms with Crippen LogP contribution in [0.2, 0.25) is 0 Å². The van der Waals surface area contributed by atoms with Gasteiger partial charge in [0.1, 0.15) is 18.0 Å². The molecule has 1 unspecified atom stereocenters. The molecule has 1 amide bonds. The number of para-hydroxylation sites is 1. The van der Waals surface area contributed by atoms with E-state index < -0.39 is 5.54 Å². The van der Waals surface area contributed by atoms with Crippen LogP contribution in [0.3, 0.4) is 0 Å². The second-order valence-corrected chi connectivity index (χ2v) is 7.69. The van der Waals surface area contributed by atoms with Crippen LogP contribution >= 0.6 is 0 Å². The van der Waals surface area contributed by atoms with Crippen molar-refractivity contribution >= 4 is 11.6 Å². The fourth-order valence-corrected chi connectivity index (χ4v) is 4.10. The minimum atomic E-state index is -0.798. The number of aromatic nitrogens is 3. The molecule has 2 aliphatic heterocycles. The number of amides is 1. The van der Waals surface area contributed by atoms with Crippen molar-refractivity contribution in [3.05, 3.63) is 42.0 Å². The second-order valence-electron chi connectivity index (χ2n) is 7.69. The molecule has 0 bridgehead atoms. The molecule has 0 spiro atoms. The molecule has 1 fully saturated rings. The van der Waals surface area contributed by atoms with E-state index in [1.54, 1.807) is 0 Å². The summed E-state index contributed by atoms with van der Waals surface area (Å²) in [5.74, 6) is 1.41. The Bertz CT molecular complexity index is 815. The maximum Gasteiger partial charge on any atom is 0.248 e. The summed E-state index contributed by atoms with van der Waals surface area (Å²) in [5.41, 5.74) is 0.480. The van der Waals surface area contributed by atoms with Crippen LogP contribution in [0.25, 0.3) is 0 Å². The number of fused-ring (bicyclic) bond motifs is 1. The highest BCUT2D eigenvalue weighted by atomic mass is 16.5. The number of anilines is 1. The van der Waals surface area contributed by atoms with Crippen molar-refractivity contribution in [2.75, 3.05) is 50.8 Å². The van der Waals surface area contributed by atoms with Crippen LogP contribution in [0.4, 0.5) is 5.69 Å². The lowest BCUT2D eigenvalue weighted by Gasteiger charge is -2.37. The number of carbonyl (C=O) groups is 1. The molecule has 0 saturated carbocycles. The van der Waals surface area contributed by atoms with Crippen molar-refractivity contribution in [2.45, 2.75) is 26.0 Å². The third-order valence-electron chi connectivity index (χ3n) is 5.70. The number of benzene rings is 1. The van der Waals surface area contributed by atoms with Gasteiger partial charge in [0.05, 0.1) is 6.61 Å². The lowest BCUT2D eigenvalue weighted by molar-refractivity contribution is -0.135. The molecule has 8 nitrogen and oxygen atoms in total. The van der Waals surface area contributed by atoms with E-state index in [-0.39, 0.29) is 5.91 Å². The smallest absolute Gasteiger partial charge is 0.248 e. The highest BCUT2D eigenvalue weighted by molar-refractivity contribution is 5.84. The summed E-state index contributed by atoms with van der Waals surface area (Å²) in [7, 11) is 0. The third-order valence-corrected chi connectivity index (χ3v) is 5.70. The number of aryl methyl sites for hydroxylation is 1. The molecule has 1 N–H and O–H groups in total. The fraction of sp³-hybridized carbons (Fsp3) is 0.550. The molecule has 28 heavy (non-hydrogen) atoms. The second kappa shape index (κ2) is 7.89. The number of ether oxygens (including phenoxy) is 1. The summed E-state index contributed by atoms with van der Waals surface area (Å²) >= 11 is 0. The molecule has 1 atom stereocenters. The molecule has 2 aromatic rings. The Morgan fingerprint density at radius 2 is 1.93 bits per heavy atom. The Hall–Kier alpha value is -2.45. The molecular weight excluding hydrogens is 356 g/mol. The van der Waals surface area contributed by atoms with Crippen LogP contribution < -0.4 is 10.2 Å². The van der Waals surface area contributed by atoms with Gasteiger partial charge in [-0.3, -0.25) is 14.3 Å². The first-order valence-corrected chi connectivity index (χ1v) is 9.88. The van der Waals surface area contributed by atoms with E-state index in [0.29, 0.717) is 25.6 Å². The van der Waals surface area contributed by atoms with E-state index in [1.807, 2.05) is 24.5 Å². The van der Waals surface area contributed by atoms with Crippen LogP contribution in [0.1, 0.15) is 18.6 Å². The molecule has 1 aromatic carbocycles. The molecule has 1 aromatic heterocycles. The zero-order valence-corrected chi connectivity index (χ0v) is 16.6. The lowest BCUT2D eigenvalue weighted by atomic mass is 10.0. The minimum absolute atomic E-state index is 0.0423. The van der Waals surface area contributed by atoms with Crippen molar-refractivity contribution in [3.8, 4) is 0 Å². The van der Waals surface area contributed by atoms with Crippen molar-refractivity contribution in [3.63, 3.8) is 0 Å². The Labute approximate surface area is 165 Å². The third kappa shape index (κ3) is 3.62. The number of carbonyl (C=O) groups excluding carboxylic acids is 1. The fourth-order valence-electron chi connectivity index (χ4n) is 4.10. The Kier molecular flexibility index (Phi) is 5.32. The van der Waals surface area contributed by atoms with E-state index in [1.165, 1.54) is 5.69 Å². The van der Waals surface area contributed by atoms with Gasteiger partial charge in [-0.25, -0.2) is 0 Å². The molecule has 4 rings (SSSR count). The van der Waals surface area contributed by atoms with Gasteiger partial charge in [0.15, 0.2) is 5.82 Å². The maximum absolute atomic E-state index is 12.9. The monoisotopic (exact) mass is 384 g/mol. The molecule has 150 valence electrons. The van der Waals surface area contributed by atoms with Crippen molar-refractivity contribution in [1.29, 1.82) is 0 Å². The van der Waals surface area contributed by atoms with E-state index in [2.05, 4.69) is 49.6 Å². The predicted molar refractivity (Wildman–Crippen MR) is 106 cm³/mol. The quantitative estimate of drug-likeness (QED) is 0.821. The van der Waals surface area contributed by atoms with Crippen molar-refractivity contribution in [1.82, 2.24) is 25.0 Å². The summed E-state index contributed by atoms with van der Waals surface area (Å²) in [6, 6.07) is 10.5. The Morgan fingerprint density at radius 3 is 2.68 bits per heavy atom. The average molecular weight is 384 g/mol. The summed E-state index contributed by atoms with van der Waals surface area (Å²) < 4.78 is 7.50. The van der Waals surface area contributed by atoms with E-state index in [9.17, 15) is 4.79 Å². The van der Waals surface area contributed by atoms with Crippen LogP contribution in [0, 0.1) is 6.92 Å². The summed E-state index contributed by atoms with van der Waals surface area (Å²) in [6.07, 6.45) is 0. The standard InChI is InChI=1S/C20H28N6O2/c1-16-22-23-18-14-28-15-20(2,26(16)18)19(27)21-8-9-24-10-12-25(13-11-24)17-6-4-3-5-7-17/h3-7H,8-15H2,1-2H3,(H,21,27). The first-order chi connectivity index (χ1) is 13.6. The van der Waals surface area contributed by atoms with E-state index >= 15 is 0 Å². The molecular formula is C20H28N6O2. The van der Waals surface area contributed by atoms with Crippen LogP contribution in [-0.2, 0) is 21.7 Å². The summed E-state index contributed by atoms with van der Waals surface area (Å²) in [5, 5.41) is 11.3. The Balaban J connectivity index is 1.27. The number of hydrogen-bond acceptors (Lipinski definition) is 6. The lowest BCUT2D eigenvalue weighted by Crippen LogP contribution is -2.54. The molecule has 1 saturated heterocycles. The average Bonchev–Trinajstić information content (AvgIpc) is 3.11. The Morgan fingerprint density at radius 1 is 1.18 bits per heavy atom. The largest absolute Gasteiger partial charge is 0.370 e. The number of piperazine rings is 1. The van der Waals surface area contributed by atoms with Gasteiger partial charge < -0.3 is 15.0 Å². The van der Waals surface area contributed by atoms with Crippen molar-refractivity contribution < 1.29 is 9.53 Å². The first kappa shape index (κ1) is 18.9. The topological polar surface area (TPSA) is 75.5 Å². The molecule has 2 aliphatic rings. The normalized spacial score (nSPS) is 22.7. The van der Waals surface area contributed by atoms with Crippen LogP contribution in [-0.4, -0.2) is 71.4 Å².